The first-order chi connectivity index (χ1) is 8.19. The largest absolute Gasteiger partial charge is 0.390 e. The average Bonchev–Trinajstić information content (AvgIpc) is 2.30. The summed E-state index contributed by atoms with van der Waals surface area (Å²) in [4.78, 5) is -0.0781. The molecule has 0 saturated heterocycles. The van der Waals surface area contributed by atoms with Crippen molar-refractivity contribution in [3.8, 4) is 0 Å². The van der Waals surface area contributed by atoms with Gasteiger partial charge < -0.3 is 5.11 Å². The van der Waals surface area contributed by atoms with Gasteiger partial charge in [-0.15, -0.1) is 0 Å². The minimum atomic E-state index is -4.03. The van der Waals surface area contributed by atoms with E-state index in [0.717, 1.165) is 0 Å². The molecule has 1 aromatic rings. The highest BCUT2D eigenvalue weighted by Crippen LogP contribution is 2.23. The Labute approximate surface area is 112 Å². The van der Waals surface area contributed by atoms with Crippen LogP contribution in [0.4, 0.5) is 8.78 Å². The Morgan fingerprint density at radius 1 is 1.44 bits per heavy atom. The highest BCUT2D eigenvalue weighted by molar-refractivity contribution is 9.10. The van der Waals surface area contributed by atoms with E-state index in [-0.39, 0.29) is 4.90 Å². The van der Waals surface area contributed by atoms with E-state index >= 15 is 0 Å². The van der Waals surface area contributed by atoms with E-state index < -0.39 is 29.1 Å². The number of aliphatic hydroxyl groups excluding tert-OH is 1. The Morgan fingerprint density at radius 3 is 2.61 bits per heavy atom. The van der Waals surface area contributed by atoms with Gasteiger partial charge in [-0.3, -0.25) is 0 Å². The monoisotopic (exact) mass is 343 g/mol. The van der Waals surface area contributed by atoms with Crippen molar-refractivity contribution in [3.05, 3.63) is 28.2 Å². The molecule has 0 radical (unpaired) electrons. The first-order valence-corrected chi connectivity index (χ1v) is 7.21. The third-order valence-electron chi connectivity index (χ3n) is 2.26. The fourth-order valence-electron chi connectivity index (χ4n) is 1.21. The van der Waals surface area contributed by atoms with Crippen molar-refractivity contribution in [1.82, 2.24) is 4.72 Å². The predicted octanol–water partition coefficient (Wildman–Crippen LogP) is 1.66. The maximum absolute atomic E-state index is 12.8. The van der Waals surface area contributed by atoms with Crippen molar-refractivity contribution in [2.75, 3.05) is 13.2 Å². The summed E-state index contributed by atoms with van der Waals surface area (Å²) in [5.41, 5.74) is 0.428. The molecule has 0 unspecified atom stereocenters. The van der Waals surface area contributed by atoms with Gasteiger partial charge in [0, 0.05) is 4.47 Å². The van der Waals surface area contributed by atoms with Gasteiger partial charge in [-0.05, 0) is 24.6 Å². The van der Waals surface area contributed by atoms with Crippen molar-refractivity contribution in [2.45, 2.75) is 17.7 Å². The summed E-state index contributed by atoms with van der Waals surface area (Å²) in [5, 5.41) is 8.37. The van der Waals surface area contributed by atoms with Crippen LogP contribution in [0.3, 0.4) is 0 Å². The quantitative estimate of drug-likeness (QED) is 0.854. The molecule has 1 aromatic carbocycles. The number of halogens is 3. The maximum atomic E-state index is 12.8. The smallest absolute Gasteiger partial charge is 0.283 e. The second-order valence-electron chi connectivity index (χ2n) is 3.70. The number of aliphatic hydroxyl groups is 1. The van der Waals surface area contributed by atoms with Gasteiger partial charge in [0.15, 0.2) is 0 Å². The second kappa shape index (κ2) is 5.60. The first kappa shape index (κ1) is 15.5. The SMILES string of the molecule is Cc1c(Br)cccc1S(=O)(=O)NCC(F)(F)CO. The Kier molecular flexibility index (Phi) is 4.82. The summed E-state index contributed by atoms with van der Waals surface area (Å²) in [6.45, 7) is -0.992. The molecule has 102 valence electrons. The molecule has 0 saturated carbocycles. The molecule has 8 heteroatoms. The van der Waals surface area contributed by atoms with E-state index in [1.807, 2.05) is 0 Å². The lowest BCUT2D eigenvalue weighted by molar-refractivity contribution is -0.0437. The van der Waals surface area contributed by atoms with Crippen LogP contribution in [0, 0.1) is 6.92 Å². The molecule has 1 rings (SSSR count). The van der Waals surface area contributed by atoms with Gasteiger partial charge >= 0.3 is 0 Å². The van der Waals surface area contributed by atoms with Crippen LogP contribution < -0.4 is 4.72 Å². The third-order valence-corrected chi connectivity index (χ3v) is 4.66. The molecule has 0 bridgehead atoms. The van der Waals surface area contributed by atoms with Gasteiger partial charge in [0.2, 0.25) is 10.0 Å². The fraction of sp³-hybridized carbons (Fsp3) is 0.400. The molecule has 0 aliphatic heterocycles. The second-order valence-corrected chi connectivity index (χ2v) is 6.29. The summed E-state index contributed by atoms with van der Waals surface area (Å²) < 4.78 is 51.6. The average molecular weight is 344 g/mol. The predicted molar refractivity (Wildman–Crippen MR) is 66.1 cm³/mol. The van der Waals surface area contributed by atoms with Gasteiger partial charge in [0.25, 0.3) is 5.92 Å². The summed E-state index contributed by atoms with van der Waals surface area (Å²) in [6.07, 6.45) is 0. The Balaban J connectivity index is 2.98. The van der Waals surface area contributed by atoms with Crippen molar-refractivity contribution in [2.24, 2.45) is 0 Å². The van der Waals surface area contributed by atoms with Crippen molar-refractivity contribution in [1.29, 1.82) is 0 Å². The minimum Gasteiger partial charge on any atom is -0.390 e. The highest BCUT2D eigenvalue weighted by atomic mass is 79.9. The molecular weight excluding hydrogens is 332 g/mol. The van der Waals surface area contributed by atoms with E-state index in [2.05, 4.69) is 15.9 Å². The number of hydrogen-bond donors (Lipinski definition) is 2. The number of alkyl halides is 2. The fourth-order valence-corrected chi connectivity index (χ4v) is 3.04. The molecule has 0 aliphatic carbocycles. The number of nitrogens with one attached hydrogen (secondary N) is 1. The Bertz CT molecular complexity index is 534. The van der Waals surface area contributed by atoms with Crippen LogP contribution in [-0.4, -0.2) is 32.6 Å². The topological polar surface area (TPSA) is 66.4 Å². The number of benzene rings is 1. The normalized spacial score (nSPS) is 12.7. The van der Waals surface area contributed by atoms with Crippen LogP contribution in [0.1, 0.15) is 5.56 Å². The van der Waals surface area contributed by atoms with Gasteiger partial charge in [-0.25, -0.2) is 21.9 Å². The molecule has 0 aromatic heterocycles. The van der Waals surface area contributed by atoms with E-state index in [4.69, 9.17) is 5.11 Å². The zero-order chi connectivity index (χ0) is 14.0. The Morgan fingerprint density at radius 2 is 2.06 bits per heavy atom. The zero-order valence-corrected chi connectivity index (χ0v) is 11.9. The molecule has 0 fully saturated rings. The van der Waals surface area contributed by atoms with Gasteiger partial charge in [0.1, 0.15) is 6.61 Å². The van der Waals surface area contributed by atoms with E-state index in [1.165, 1.54) is 12.1 Å². The van der Waals surface area contributed by atoms with Crippen molar-refractivity contribution >= 4 is 26.0 Å². The van der Waals surface area contributed by atoms with E-state index in [1.54, 1.807) is 17.7 Å². The molecule has 18 heavy (non-hydrogen) atoms. The molecule has 0 amide bonds. The summed E-state index contributed by atoms with van der Waals surface area (Å²) in [7, 11) is -4.03. The molecule has 0 heterocycles. The number of hydrogen-bond acceptors (Lipinski definition) is 3. The lowest BCUT2D eigenvalue weighted by atomic mass is 10.2. The van der Waals surface area contributed by atoms with Gasteiger partial charge in [-0.1, -0.05) is 22.0 Å². The summed E-state index contributed by atoms with van der Waals surface area (Å²) in [6, 6.07) is 4.46. The van der Waals surface area contributed by atoms with Gasteiger partial charge in [0.05, 0.1) is 11.4 Å². The summed E-state index contributed by atoms with van der Waals surface area (Å²) >= 11 is 3.16. The molecule has 4 nitrogen and oxygen atoms in total. The maximum Gasteiger partial charge on any atom is 0.283 e. The Hall–Kier alpha value is -0.570. The molecule has 2 N–H and O–H groups in total. The molecule has 0 aliphatic rings. The first-order valence-electron chi connectivity index (χ1n) is 4.93. The lowest BCUT2D eigenvalue weighted by Gasteiger charge is -2.15. The third kappa shape index (κ3) is 3.71. The van der Waals surface area contributed by atoms with Crippen molar-refractivity contribution in [3.63, 3.8) is 0 Å². The van der Waals surface area contributed by atoms with Crippen LogP contribution in [0.5, 0.6) is 0 Å². The standard InChI is InChI=1S/C10H12BrF2NO3S/c1-7-8(11)3-2-4-9(7)18(16,17)14-5-10(12,13)6-15/h2-4,14-15H,5-6H2,1H3. The number of sulfonamides is 1. The highest BCUT2D eigenvalue weighted by Gasteiger charge is 2.30. The van der Waals surface area contributed by atoms with Crippen LogP contribution >= 0.6 is 15.9 Å². The number of rotatable bonds is 5. The van der Waals surface area contributed by atoms with Crippen LogP contribution in [-0.2, 0) is 10.0 Å². The lowest BCUT2D eigenvalue weighted by Crippen LogP contribution is -2.39. The van der Waals surface area contributed by atoms with E-state index in [0.29, 0.717) is 10.0 Å². The van der Waals surface area contributed by atoms with Crippen molar-refractivity contribution < 1.29 is 22.3 Å². The van der Waals surface area contributed by atoms with Crippen LogP contribution in [0.2, 0.25) is 0 Å². The van der Waals surface area contributed by atoms with Crippen LogP contribution in [0.15, 0.2) is 27.6 Å². The van der Waals surface area contributed by atoms with E-state index in [9.17, 15) is 17.2 Å². The minimum absolute atomic E-state index is 0.0781. The zero-order valence-electron chi connectivity index (χ0n) is 9.45. The molecular formula is C10H12BrF2NO3S. The van der Waals surface area contributed by atoms with Crippen LogP contribution in [0.25, 0.3) is 0 Å². The van der Waals surface area contributed by atoms with Gasteiger partial charge in [-0.2, -0.15) is 0 Å². The molecule has 0 spiro atoms. The summed E-state index contributed by atoms with van der Waals surface area (Å²) in [5.74, 6) is -3.48. The molecule has 0 atom stereocenters.